The van der Waals surface area contributed by atoms with E-state index in [1.807, 2.05) is 6.07 Å². The van der Waals surface area contributed by atoms with Gasteiger partial charge in [0.05, 0.1) is 5.56 Å². The highest BCUT2D eigenvalue weighted by atomic mass is 35.5. The van der Waals surface area contributed by atoms with Gasteiger partial charge in [-0.3, -0.25) is 4.79 Å². The molecule has 0 radical (unpaired) electrons. The lowest BCUT2D eigenvalue weighted by Crippen LogP contribution is -2.06. The predicted molar refractivity (Wildman–Crippen MR) is 55.8 cm³/mol. The number of anilines is 1. The number of nitrogens with one attached hydrogen (secondary N) is 1. The lowest BCUT2D eigenvalue weighted by atomic mass is 10.2. The summed E-state index contributed by atoms with van der Waals surface area (Å²) in [4.78, 5) is 10.9. The number of hydrogen-bond donors (Lipinski definition) is 1. The minimum atomic E-state index is -0.460. The molecule has 0 fully saturated rings. The second-order valence-electron chi connectivity index (χ2n) is 2.44. The summed E-state index contributed by atoms with van der Waals surface area (Å²) in [7, 11) is 0. The van der Waals surface area contributed by atoms with E-state index >= 15 is 0 Å². The summed E-state index contributed by atoms with van der Waals surface area (Å²) in [5, 5.41) is 2.55. The van der Waals surface area contributed by atoms with Gasteiger partial charge in [0.2, 0.25) is 0 Å². The van der Waals surface area contributed by atoms with Crippen LogP contribution in [0.1, 0.15) is 10.4 Å². The maximum Gasteiger partial charge on any atom is 0.254 e. The van der Waals surface area contributed by atoms with Gasteiger partial charge in [0.25, 0.3) is 5.24 Å². The van der Waals surface area contributed by atoms with Crippen LogP contribution >= 0.6 is 23.2 Å². The van der Waals surface area contributed by atoms with Gasteiger partial charge in [-0.25, -0.2) is 0 Å². The number of carbonyl (C=O) groups excluding carboxylic acids is 1. The van der Waals surface area contributed by atoms with E-state index in [2.05, 4.69) is 5.32 Å². The summed E-state index contributed by atoms with van der Waals surface area (Å²) < 4.78 is 0. The maximum absolute atomic E-state index is 10.9. The number of hydrogen-bond acceptors (Lipinski definition) is 2. The van der Waals surface area contributed by atoms with Crippen molar-refractivity contribution in [3.8, 4) is 0 Å². The van der Waals surface area contributed by atoms with Crippen LogP contribution in [-0.4, -0.2) is 17.7 Å². The van der Waals surface area contributed by atoms with Crippen molar-refractivity contribution in [3.63, 3.8) is 0 Å². The molecule has 0 aliphatic carbocycles. The first kappa shape index (κ1) is 10.4. The van der Waals surface area contributed by atoms with Crippen molar-refractivity contribution in [2.24, 2.45) is 0 Å². The molecule has 0 saturated carbocycles. The van der Waals surface area contributed by atoms with Crippen molar-refractivity contribution in [2.45, 2.75) is 0 Å². The van der Waals surface area contributed by atoms with E-state index in [1.54, 1.807) is 18.2 Å². The molecule has 1 aromatic carbocycles. The zero-order valence-corrected chi connectivity index (χ0v) is 8.40. The Hall–Kier alpha value is -0.730. The predicted octanol–water partition coefficient (Wildman–Crippen LogP) is 2.72. The van der Waals surface area contributed by atoms with Gasteiger partial charge in [-0.05, 0) is 23.7 Å². The Morgan fingerprint density at radius 2 is 2.08 bits per heavy atom. The van der Waals surface area contributed by atoms with Crippen LogP contribution in [0.15, 0.2) is 24.3 Å². The second-order valence-corrected chi connectivity index (χ2v) is 3.16. The molecule has 0 aliphatic rings. The van der Waals surface area contributed by atoms with Gasteiger partial charge in [-0.15, -0.1) is 11.6 Å². The van der Waals surface area contributed by atoms with Gasteiger partial charge in [0.1, 0.15) is 0 Å². The molecule has 0 aliphatic heterocycles. The Morgan fingerprint density at radius 1 is 1.38 bits per heavy atom. The molecular formula is C9H9Cl2NO. The van der Waals surface area contributed by atoms with Crippen molar-refractivity contribution in [2.75, 3.05) is 17.7 Å². The van der Waals surface area contributed by atoms with E-state index in [0.29, 0.717) is 18.0 Å². The first-order chi connectivity index (χ1) is 6.25. The fourth-order valence-electron chi connectivity index (χ4n) is 0.991. The highest BCUT2D eigenvalue weighted by molar-refractivity contribution is 6.68. The lowest BCUT2D eigenvalue weighted by Gasteiger charge is -2.06. The van der Waals surface area contributed by atoms with E-state index in [0.717, 1.165) is 5.69 Å². The monoisotopic (exact) mass is 217 g/mol. The van der Waals surface area contributed by atoms with Crippen LogP contribution in [-0.2, 0) is 0 Å². The maximum atomic E-state index is 10.9. The minimum absolute atomic E-state index is 0.460. The molecule has 0 amide bonds. The summed E-state index contributed by atoms with van der Waals surface area (Å²) in [5.41, 5.74) is 1.21. The number of para-hydroxylation sites is 1. The Bertz CT molecular complexity index is 301. The molecule has 1 rings (SSSR count). The standard InChI is InChI=1S/C9H9Cl2NO/c10-5-6-12-8-4-2-1-3-7(8)9(11)13/h1-4,12H,5-6H2. The smallest absolute Gasteiger partial charge is 0.254 e. The third kappa shape index (κ3) is 2.90. The molecule has 0 atom stereocenters. The molecule has 70 valence electrons. The lowest BCUT2D eigenvalue weighted by molar-refractivity contribution is 0.108. The molecular weight excluding hydrogens is 209 g/mol. The van der Waals surface area contributed by atoms with Crippen molar-refractivity contribution in [3.05, 3.63) is 29.8 Å². The third-order valence-corrected chi connectivity index (χ3v) is 1.94. The Labute approximate surface area is 86.8 Å². The van der Waals surface area contributed by atoms with Gasteiger partial charge in [-0.2, -0.15) is 0 Å². The summed E-state index contributed by atoms with van der Waals surface area (Å²) in [6.07, 6.45) is 0. The molecule has 1 aromatic rings. The molecule has 0 saturated heterocycles. The van der Waals surface area contributed by atoms with Gasteiger partial charge in [-0.1, -0.05) is 12.1 Å². The first-order valence-corrected chi connectivity index (χ1v) is 4.75. The Kier molecular flexibility index (Phi) is 4.06. The fourth-order valence-corrected chi connectivity index (χ4v) is 1.25. The van der Waals surface area contributed by atoms with E-state index in [-0.39, 0.29) is 0 Å². The van der Waals surface area contributed by atoms with Crippen molar-refractivity contribution >= 4 is 34.1 Å². The number of carbonyl (C=O) groups is 1. The number of benzene rings is 1. The SMILES string of the molecule is O=C(Cl)c1ccccc1NCCCl. The van der Waals surface area contributed by atoms with E-state index in [9.17, 15) is 4.79 Å². The van der Waals surface area contributed by atoms with Crippen LogP contribution < -0.4 is 5.32 Å². The summed E-state index contributed by atoms with van der Waals surface area (Å²) in [6, 6.07) is 7.06. The van der Waals surface area contributed by atoms with Gasteiger partial charge >= 0.3 is 0 Å². The number of alkyl halides is 1. The fraction of sp³-hybridized carbons (Fsp3) is 0.222. The molecule has 0 unspecified atom stereocenters. The molecule has 0 aromatic heterocycles. The summed E-state index contributed by atoms with van der Waals surface area (Å²) in [5.74, 6) is 0.491. The quantitative estimate of drug-likeness (QED) is 0.621. The Morgan fingerprint density at radius 3 is 2.69 bits per heavy atom. The van der Waals surface area contributed by atoms with Crippen LogP contribution in [0, 0.1) is 0 Å². The average molecular weight is 218 g/mol. The average Bonchev–Trinajstić information content (AvgIpc) is 2.15. The minimum Gasteiger partial charge on any atom is -0.383 e. The highest BCUT2D eigenvalue weighted by Gasteiger charge is 2.06. The van der Waals surface area contributed by atoms with Crippen LogP contribution in [0.3, 0.4) is 0 Å². The molecule has 0 spiro atoms. The summed E-state index contributed by atoms with van der Waals surface area (Å²) >= 11 is 10.9. The van der Waals surface area contributed by atoms with Crippen molar-refractivity contribution in [1.82, 2.24) is 0 Å². The molecule has 0 bridgehead atoms. The molecule has 1 N–H and O–H groups in total. The molecule has 4 heteroatoms. The van der Waals surface area contributed by atoms with Crippen LogP contribution in [0.4, 0.5) is 5.69 Å². The topological polar surface area (TPSA) is 29.1 Å². The van der Waals surface area contributed by atoms with Gasteiger partial charge < -0.3 is 5.32 Å². The van der Waals surface area contributed by atoms with Crippen LogP contribution in [0.5, 0.6) is 0 Å². The zero-order valence-electron chi connectivity index (χ0n) is 6.89. The van der Waals surface area contributed by atoms with E-state index in [1.165, 1.54) is 0 Å². The van der Waals surface area contributed by atoms with Gasteiger partial charge in [0, 0.05) is 18.1 Å². The zero-order chi connectivity index (χ0) is 9.68. The van der Waals surface area contributed by atoms with Crippen molar-refractivity contribution < 1.29 is 4.79 Å². The molecule has 13 heavy (non-hydrogen) atoms. The first-order valence-electron chi connectivity index (χ1n) is 3.84. The Balaban J connectivity index is 2.84. The number of halogens is 2. The molecule has 0 heterocycles. The molecule has 2 nitrogen and oxygen atoms in total. The normalized spacial score (nSPS) is 9.69. The van der Waals surface area contributed by atoms with Gasteiger partial charge in [0.15, 0.2) is 0 Å². The highest BCUT2D eigenvalue weighted by Crippen LogP contribution is 2.16. The van der Waals surface area contributed by atoms with Crippen LogP contribution in [0.25, 0.3) is 0 Å². The third-order valence-electron chi connectivity index (χ3n) is 1.55. The van der Waals surface area contributed by atoms with Crippen molar-refractivity contribution in [1.29, 1.82) is 0 Å². The number of rotatable bonds is 4. The summed E-state index contributed by atoms with van der Waals surface area (Å²) in [6.45, 7) is 0.614. The van der Waals surface area contributed by atoms with E-state index in [4.69, 9.17) is 23.2 Å². The largest absolute Gasteiger partial charge is 0.383 e. The van der Waals surface area contributed by atoms with E-state index < -0.39 is 5.24 Å². The second kappa shape index (κ2) is 5.10. The van der Waals surface area contributed by atoms with Crippen LogP contribution in [0.2, 0.25) is 0 Å².